The standard InChI is InChI=1S/C10H10ClFO/c1-3-9(13)8-5-7(11)4-6(2)10(8)12/h3-5,9,13H,1H2,2H3. The number of aryl methyl sites for hydroxylation is 1. The third kappa shape index (κ3) is 2.08. The molecule has 3 heteroatoms. The molecule has 0 aliphatic rings. The van der Waals surface area contributed by atoms with Crippen LogP contribution in [0.5, 0.6) is 0 Å². The van der Waals surface area contributed by atoms with E-state index >= 15 is 0 Å². The maximum absolute atomic E-state index is 13.4. The van der Waals surface area contributed by atoms with Crippen molar-refractivity contribution in [2.45, 2.75) is 13.0 Å². The van der Waals surface area contributed by atoms with Crippen LogP contribution >= 0.6 is 11.6 Å². The van der Waals surface area contributed by atoms with Gasteiger partial charge in [-0.15, -0.1) is 6.58 Å². The maximum atomic E-state index is 13.4. The summed E-state index contributed by atoms with van der Waals surface area (Å²) in [6.07, 6.45) is 0.256. The second-order valence-corrected chi connectivity index (χ2v) is 3.24. The van der Waals surface area contributed by atoms with E-state index in [0.29, 0.717) is 10.6 Å². The van der Waals surface area contributed by atoms with Crippen LogP contribution < -0.4 is 0 Å². The molecule has 1 N–H and O–H groups in total. The van der Waals surface area contributed by atoms with Crippen molar-refractivity contribution in [3.8, 4) is 0 Å². The van der Waals surface area contributed by atoms with E-state index in [-0.39, 0.29) is 5.56 Å². The Hall–Kier alpha value is -0.860. The van der Waals surface area contributed by atoms with Crippen LogP contribution in [-0.2, 0) is 0 Å². The zero-order valence-corrected chi connectivity index (χ0v) is 7.98. The van der Waals surface area contributed by atoms with Gasteiger partial charge in [0.15, 0.2) is 0 Å². The Labute approximate surface area is 81.5 Å². The average molecular weight is 201 g/mol. The van der Waals surface area contributed by atoms with Crippen LogP contribution in [0.4, 0.5) is 4.39 Å². The van der Waals surface area contributed by atoms with Crippen molar-refractivity contribution in [1.29, 1.82) is 0 Å². The Morgan fingerprint density at radius 1 is 1.62 bits per heavy atom. The number of halogens is 2. The molecule has 13 heavy (non-hydrogen) atoms. The highest BCUT2D eigenvalue weighted by Crippen LogP contribution is 2.24. The largest absolute Gasteiger partial charge is 0.384 e. The van der Waals surface area contributed by atoms with Crippen LogP contribution in [0.2, 0.25) is 5.02 Å². The van der Waals surface area contributed by atoms with Gasteiger partial charge in [-0.3, -0.25) is 0 Å². The number of benzene rings is 1. The van der Waals surface area contributed by atoms with Crippen LogP contribution in [0.25, 0.3) is 0 Å². The van der Waals surface area contributed by atoms with Gasteiger partial charge in [0.1, 0.15) is 5.82 Å². The average Bonchev–Trinajstić information content (AvgIpc) is 2.10. The molecule has 0 spiro atoms. The predicted octanol–water partition coefficient (Wildman–Crippen LogP) is 3.01. The monoisotopic (exact) mass is 200 g/mol. The number of hydrogen-bond acceptors (Lipinski definition) is 1. The van der Waals surface area contributed by atoms with Crippen molar-refractivity contribution >= 4 is 11.6 Å². The molecule has 0 amide bonds. The SMILES string of the molecule is C=CC(O)c1cc(Cl)cc(C)c1F. The molecule has 0 saturated carbocycles. The van der Waals surface area contributed by atoms with Crippen molar-refractivity contribution in [2.24, 2.45) is 0 Å². The first-order valence-corrected chi connectivity index (χ1v) is 4.20. The summed E-state index contributed by atoms with van der Waals surface area (Å²) in [5.41, 5.74) is 0.586. The van der Waals surface area contributed by atoms with Crippen molar-refractivity contribution in [2.75, 3.05) is 0 Å². The molecule has 1 rings (SSSR count). The molecular formula is C10H10ClFO. The van der Waals surface area contributed by atoms with Crippen molar-refractivity contribution in [3.05, 3.63) is 46.8 Å². The minimum absolute atomic E-state index is 0.167. The van der Waals surface area contributed by atoms with E-state index in [1.165, 1.54) is 18.2 Å². The molecule has 1 nitrogen and oxygen atoms in total. The summed E-state index contributed by atoms with van der Waals surface area (Å²) in [6.45, 7) is 4.98. The molecule has 0 aromatic heterocycles. The zero-order chi connectivity index (χ0) is 10.0. The Balaban J connectivity index is 3.27. The fraction of sp³-hybridized carbons (Fsp3) is 0.200. The minimum Gasteiger partial charge on any atom is -0.384 e. The molecule has 0 aliphatic heterocycles. The van der Waals surface area contributed by atoms with Crippen molar-refractivity contribution < 1.29 is 9.50 Å². The van der Waals surface area contributed by atoms with Gasteiger partial charge in [0.2, 0.25) is 0 Å². The first kappa shape index (κ1) is 10.2. The molecule has 1 aromatic rings. The molecule has 0 aliphatic carbocycles. The van der Waals surface area contributed by atoms with E-state index in [1.807, 2.05) is 0 Å². The van der Waals surface area contributed by atoms with Gasteiger partial charge >= 0.3 is 0 Å². The lowest BCUT2D eigenvalue weighted by atomic mass is 10.1. The smallest absolute Gasteiger partial charge is 0.132 e. The summed E-state index contributed by atoms with van der Waals surface area (Å²) in [6, 6.07) is 2.91. The Kier molecular flexibility index (Phi) is 3.07. The van der Waals surface area contributed by atoms with E-state index < -0.39 is 11.9 Å². The minimum atomic E-state index is -1.00. The molecule has 0 bridgehead atoms. The lowest BCUT2D eigenvalue weighted by molar-refractivity contribution is 0.223. The van der Waals surface area contributed by atoms with Crippen LogP contribution in [0.15, 0.2) is 24.8 Å². The van der Waals surface area contributed by atoms with E-state index in [1.54, 1.807) is 6.92 Å². The van der Waals surface area contributed by atoms with Crippen LogP contribution in [0.3, 0.4) is 0 Å². The molecule has 1 unspecified atom stereocenters. The third-order valence-electron chi connectivity index (χ3n) is 1.79. The molecular weight excluding hydrogens is 191 g/mol. The van der Waals surface area contributed by atoms with Gasteiger partial charge in [0.25, 0.3) is 0 Å². The lowest BCUT2D eigenvalue weighted by Gasteiger charge is -2.09. The van der Waals surface area contributed by atoms with Crippen molar-refractivity contribution in [1.82, 2.24) is 0 Å². The van der Waals surface area contributed by atoms with Crippen LogP contribution in [0, 0.1) is 12.7 Å². The summed E-state index contributed by atoms with van der Waals surface area (Å²) < 4.78 is 13.4. The van der Waals surface area contributed by atoms with E-state index in [0.717, 1.165) is 0 Å². The summed E-state index contributed by atoms with van der Waals surface area (Å²) in [5, 5.41) is 9.75. The third-order valence-corrected chi connectivity index (χ3v) is 2.01. The molecule has 0 saturated heterocycles. The van der Waals surface area contributed by atoms with Crippen LogP contribution in [-0.4, -0.2) is 5.11 Å². The fourth-order valence-electron chi connectivity index (χ4n) is 1.09. The first-order chi connectivity index (χ1) is 6.06. The van der Waals surface area contributed by atoms with Crippen molar-refractivity contribution in [3.63, 3.8) is 0 Å². The van der Waals surface area contributed by atoms with Gasteiger partial charge in [-0.05, 0) is 24.6 Å². The van der Waals surface area contributed by atoms with E-state index in [9.17, 15) is 9.50 Å². The second kappa shape index (κ2) is 3.90. The maximum Gasteiger partial charge on any atom is 0.132 e. The Morgan fingerprint density at radius 3 is 2.77 bits per heavy atom. The zero-order valence-electron chi connectivity index (χ0n) is 7.22. The number of aliphatic hydroxyl groups excluding tert-OH is 1. The number of rotatable bonds is 2. The lowest BCUT2D eigenvalue weighted by Crippen LogP contribution is -1.99. The summed E-state index contributed by atoms with van der Waals surface area (Å²) >= 11 is 5.71. The van der Waals surface area contributed by atoms with Gasteiger partial charge < -0.3 is 5.11 Å². The molecule has 1 atom stereocenters. The van der Waals surface area contributed by atoms with E-state index in [4.69, 9.17) is 11.6 Å². The van der Waals surface area contributed by atoms with Gasteiger partial charge in [-0.2, -0.15) is 0 Å². The Bertz CT molecular complexity index is 336. The summed E-state index contributed by atoms with van der Waals surface area (Å²) in [5.74, 6) is -0.434. The van der Waals surface area contributed by atoms with Gasteiger partial charge in [0.05, 0.1) is 6.10 Å². The molecule has 70 valence electrons. The summed E-state index contributed by atoms with van der Waals surface area (Å²) in [4.78, 5) is 0. The fourth-order valence-corrected chi connectivity index (χ4v) is 1.37. The van der Waals surface area contributed by atoms with Gasteiger partial charge in [-0.1, -0.05) is 17.7 Å². The van der Waals surface area contributed by atoms with Gasteiger partial charge in [0, 0.05) is 10.6 Å². The first-order valence-electron chi connectivity index (χ1n) is 3.82. The van der Waals surface area contributed by atoms with Crippen LogP contribution in [0.1, 0.15) is 17.2 Å². The molecule has 0 fully saturated rings. The predicted molar refractivity (Wildman–Crippen MR) is 51.3 cm³/mol. The molecule has 0 radical (unpaired) electrons. The quantitative estimate of drug-likeness (QED) is 0.728. The highest BCUT2D eigenvalue weighted by molar-refractivity contribution is 6.30. The Morgan fingerprint density at radius 2 is 2.23 bits per heavy atom. The van der Waals surface area contributed by atoms with Gasteiger partial charge in [-0.25, -0.2) is 4.39 Å². The summed E-state index contributed by atoms with van der Waals surface area (Å²) in [7, 11) is 0. The highest BCUT2D eigenvalue weighted by Gasteiger charge is 2.12. The second-order valence-electron chi connectivity index (χ2n) is 2.81. The normalized spacial score (nSPS) is 12.6. The molecule has 1 aromatic carbocycles. The topological polar surface area (TPSA) is 20.2 Å². The molecule has 0 heterocycles. The number of hydrogen-bond donors (Lipinski definition) is 1. The van der Waals surface area contributed by atoms with E-state index in [2.05, 4.69) is 6.58 Å². The highest BCUT2D eigenvalue weighted by atomic mass is 35.5. The number of aliphatic hydroxyl groups is 1.